The van der Waals surface area contributed by atoms with E-state index in [0.29, 0.717) is 23.4 Å². The van der Waals surface area contributed by atoms with Crippen LogP contribution in [0.3, 0.4) is 0 Å². The molecule has 1 aromatic carbocycles. The molecule has 2 aromatic rings. The maximum absolute atomic E-state index is 11.2. The molecule has 1 atom stereocenters. The fourth-order valence-electron chi connectivity index (χ4n) is 2.46. The molecule has 0 aliphatic carbocycles. The van der Waals surface area contributed by atoms with Gasteiger partial charge in [-0.3, -0.25) is 4.98 Å². The number of nitrogens with zero attached hydrogens (tertiary/aromatic N) is 1. The Morgan fingerprint density at radius 2 is 2.37 bits per heavy atom. The fraction of sp³-hybridized carbons (Fsp3) is 0.462. The van der Waals surface area contributed by atoms with Gasteiger partial charge < -0.3 is 19.8 Å². The number of aromatic nitrogens is 1. The van der Waals surface area contributed by atoms with Crippen molar-refractivity contribution in [2.24, 2.45) is 0 Å². The van der Waals surface area contributed by atoms with Gasteiger partial charge >= 0.3 is 5.76 Å². The van der Waals surface area contributed by atoms with Crippen LogP contribution in [0, 0.1) is 0 Å². The van der Waals surface area contributed by atoms with E-state index in [1.165, 1.54) is 0 Å². The first-order chi connectivity index (χ1) is 9.17. The summed E-state index contributed by atoms with van der Waals surface area (Å²) in [6.45, 7) is 4.41. The first kappa shape index (κ1) is 12.1. The van der Waals surface area contributed by atoms with Crippen LogP contribution < -0.4 is 16.4 Å². The number of nitrogens with one attached hydrogen (secondary N) is 1. The molecule has 1 aliphatic heterocycles. The molecule has 0 saturated carbocycles. The highest BCUT2D eigenvalue weighted by molar-refractivity contribution is 5.85. The predicted molar refractivity (Wildman–Crippen MR) is 73.5 cm³/mol. The van der Waals surface area contributed by atoms with Gasteiger partial charge in [-0.1, -0.05) is 6.92 Å². The van der Waals surface area contributed by atoms with Crippen LogP contribution in [0.25, 0.3) is 11.1 Å². The van der Waals surface area contributed by atoms with E-state index in [4.69, 9.17) is 14.9 Å². The number of benzene rings is 1. The van der Waals surface area contributed by atoms with E-state index in [2.05, 4.69) is 16.8 Å². The maximum Gasteiger partial charge on any atom is 0.417 e. The number of nitrogen functional groups attached to an aromatic ring is 1. The highest BCUT2D eigenvalue weighted by Gasteiger charge is 2.21. The van der Waals surface area contributed by atoms with Crippen molar-refractivity contribution >= 4 is 22.5 Å². The summed E-state index contributed by atoms with van der Waals surface area (Å²) in [7, 11) is 0. The first-order valence-electron chi connectivity index (χ1n) is 6.46. The van der Waals surface area contributed by atoms with Gasteiger partial charge in [-0.2, -0.15) is 0 Å². The Morgan fingerprint density at radius 3 is 3.16 bits per heavy atom. The van der Waals surface area contributed by atoms with E-state index in [1.807, 2.05) is 6.07 Å². The molecule has 1 unspecified atom stereocenters. The van der Waals surface area contributed by atoms with Crippen molar-refractivity contribution in [2.75, 3.05) is 30.3 Å². The van der Waals surface area contributed by atoms with Crippen molar-refractivity contribution in [1.29, 1.82) is 0 Å². The summed E-state index contributed by atoms with van der Waals surface area (Å²) < 4.78 is 10.7. The molecule has 6 heteroatoms. The second-order valence-corrected chi connectivity index (χ2v) is 4.77. The number of anilines is 2. The van der Waals surface area contributed by atoms with Gasteiger partial charge in [0.1, 0.15) is 0 Å². The van der Waals surface area contributed by atoms with Crippen molar-refractivity contribution in [3.63, 3.8) is 0 Å². The monoisotopic (exact) mass is 263 g/mol. The Kier molecular flexibility index (Phi) is 2.94. The zero-order valence-electron chi connectivity index (χ0n) is 10.8. The number of morpholine rings is 1. The molecular weight excluding hydrogens is 246 g/mol. The van der Waals surface area contributed by atoms with Gasteiger partial charge in [0, 0.05) is 19.2 Å². The third-order valence-corrected chi connectivity index (χ3v) is 3.50. The lowest BCUT2D eigenvalue weighted by Crippen LogP contribution is -2.42. The third-order valence-electron chi connectivity index (χ3n) is 3.50. The van der Waals surface area contributed by atoms with Crippen LogP contribution in [0.15, 0.2) is 21.3 Å². The Balaban J connectivity index is 1.99. The van der Waals surface area contributed by atoms with Crippen molar-refractivity contribution in [1.82, 2.24) is 4.98 Å². The van der Waals surface area contributed by atoms with Crippen molar-refractivity contribution in [3.8, 4) is 0 Å². The second-order valence-electron chi connectivity index (χ2n) is 4.77. The molecule has 19 heavy (non-hydrogen) atoms. The van der Waals surface area contributed by atoms with E-state index in [-0.39, 0.29) is 6.10 Å². The molecule has 1 aliphatic rings. The van der Waals surface area contributed by atoms with Crippen LogP contribution in [0.2, 0.25) is 0 Å². The Hall–Kier alpha value is -1.95. The predicted octanol–water partition coefficient (Wildman–Crippen LogP) is 1.32. The topological polar surface area (TPSA) is 84.5 Å². The molecule has 0 amide bonds. The van der Waals surface area contributed by atoms with E-state index in [1.54, 1.807) is 6.07 Å². The summed E-state index contributed by atoms with van der Waals surface area (Å²) in [5, 5.41) is 0. The maximum atomic E-state index is 11.2. The second kappa shape index (κ2) is 4.62. The summed E-state index contributed by atoms with van der Waals surface area (Å²) in [5.74, 6) is -0.458. The average Bonchev–Trinajstić information content (AvgIpc) is 2.77. The first-order valence-corrected chi connectivity index (χ1v) is 6.46. The number of aromatic amines is 1. The number of rotatable bonds is 2. The number of oxazole rings is 1. The number of hydrogen-bond acceptors (Lipinski definition) is 5. The number of fused-ring (bicyclic) bond motifs is 1. The van der Waals surface area contributed by atoms with Gasteiger partial charge in [0.25, 0.3) is 0 Å². The lowest BCUT2D eigenvalue weighted by molar-refractivity contribution is 0.0385. The van der Waals surface area contributed by atoms with Crippen LogP contribution in [-0.2, 0) is 4.74 Å². The van der Waals surface area contributed by atoms with Gasteiger partial charge in [0.2, 0.25) is 0 Å². The van der Waals surface area contributed by atoms with Gasteiger partial charge in [-0.05, 0) is 12.5 Å². The number of hydrogen-bond donors (Lipinski definition) is 2. The minimum absolute atomic E-state index is 0.229. The van der Waals surface area contributed by atoms with Crippen LogP contribution >= 0.6 is 0 Å². The van der Waals surface area contributed by atoms with E-state index < -0.39 is 5.76 Å². The summed E-state index contributed by atoms with van der Waals surface area (Å²) in [5.41, 5.74) is 8.76. The highest BCUT2D eigenvalue weighted by Crippen LogP contribution is 2.29. The molecule has 1 fully saturated rings. The minimum atomic E-state index is -0.458. The van der Waals surface area contributed by atoms with Crippen molar-refractivity contribution in [3.05, 3.63) is 22.7 Å². The third kappa shape index (κ3) is 2.19. The van der Waals surface area contributed by atoms with E-state index in [9.17, 15) is 4.79 Å². The molecule has 6 nitrogen and oxygen atoms in total. The Bertz CT molecular complexity index is 646. The minimum Gasteiger partial charge on any atom is -0.408 e. The Morgan fingerprint density at radius 1 is 1.53 bits per heavy atom. The molecule has 0 radical (unpaired) electrons. The van der Waals surface area contributed by atoms with Crippen LogP contribution in [-0.4, -0.2) is 30.8 Å². The van der Waals surface area contributed by atoms with Crippen LogP contribution in [0.1, 0.15) is 13.3 Å². The lowest BCUT2D eigenvalue weighted by atomic mass is 10.1. The standard InChI is InChI=1S/C13H17N3O3/c1-2-8-7-16(3-4-18-8)11-6-10-12(5-9(11)14)19-13(17)15-10/h5-6,8H,2-4,7,14H2,1H3,(H,15,17). The van der Waals surface area contributed by atoms with Gasteiger partial charge in [0.05, 0.1) is 29.6 Å². The highest BCUT2D eigenvalue weighted by atomic mass is 16.5. The largest absolute Gasteiger partial charge is 0.417 e. The normalized spacial score (nSPS) is 20.1. The quantitative estimate of drug-likeness (QED) is 0.798. The van der Waals surface area contributed by atoms with Gasteiger partial charge in [0.15, 0.2) is 5.58 Å². The summed E-state index contributed by atoms with van der Waals surface area (Å²) in [6.07, 6.45) is 1.20. The summed E-state index contributed by atoms with van der Waals surface area (Å²) >= 11 is 0. The Labute approximate surface area is 110 Å². The summed E-state index contributed by atoms with van der Waals surface area (Å²) in [6, 6.07) is 3.56. The molecule has 0 spiro atoms. The molecule has 1 aromatic heterocycles. The molecule has 0 bridgehead atoms. The number of H-pyrrole nitrogens is 1. The van der Waals surface area contributed by atoms with Gasteiger partial charge in [-0.25, -0.2) is 4.79 Å². The molecule has 2 heterocycles. The molecule has 102 valence electrons. The van der Waals surface area contributed by atoms with Crippen molar-refractivity contribution < 1.29 is 9.15 Å². The molecule has 3 rings (SSSR count). The zero-order chi connectivity index (χ0) is 13.4. The average molecular weight is 263 g/mol. The number of nitrogens with two attached hydrogens (primary N) is 1. The SMILES string of the molecule is CCC1CN(c2cc3[nH]c(=O)oc3cc2N)CCO1. The lowest BCUT2D eigenvalue weighted by Gasteiger charge is -2.34. The summed E-state index contributed by atoms with van der Waals surface area (Å²) in [4.78, 5) is 16.0. The van der Waals surface area contributed by atoms with Crippen LogP contribution in [0.5, 0.6) is 0 Å². The molecule has 1 saturated heterocycles. The number of ether oxygens (including phenoxy) is 1. The van der Waals surface area contributed by atoms with Gasteiger partial charge in [-0.15, -0.1) is 0 Å². The smallest absolute Gasteiger partial charge is 0.408 e. The fourth-order valence-corrected chi connectivity index (χ4v) is 2.46. The zero-order valence-corrected chi connectivity index (χ0v) is 10.8. The molecule has 3 N–H and O–H groups in total. The van der Waals surface area contributed by atoms with Crippen molar-refractivity contribution in [2.45, 2.75) is 19.4 Å². The molecular formula is C13H17N3O3. The van der Waals surface area contributed by atoms with E-state index in [0.717, 1.165) is 25.2 Å². The van der Waals surface area contributed by atoms with E-state index >= 15 is 0 Å². The van der Waals surface area contributed by atoms with Crippen LogP contribution in [0.4, 0.5) is 11.4 Å².